The van der Waals surface area contributed by atoms with E-state index in [0.717, 1.165) is 0 Å². The van der Waals surface area contributed by atoms with Crippen molar-refractivity contribution < 1.29 is 13.9 Å². The number of ether oxygens (including phenoxy) is 1. The van der Waals surface area contributed by atoms with Gasteiger partial charge in [-0.25, -0.2) is 14.1 Å². The lowest BCUT2D eigenvalue weighted by molar-refractivity contribution is 0.0988. The fourth-order valence-electron chi connectivity index (χ4n) is 1.92. The van der Waals surface area contributed by atoms with Crippen molar-refractivity contribution in [3.05, 3.63) is 41.7 Å². The highest BCUT2D eigenvalue weighted by Crippen LogP contribution is 2.19. The highest BCUT2D eigenvalue weighted by Gasteiger charge is 2.15. The van der Waals surface area contributed by atoms with Crippen molar-refractivity contribution in [2.24, 2.45) is 0 Å². The van der Waals surface area contributed by atoms with E-state index in [2.05, 4.69) is 10.1 Å². The average molecular weight is 277 g/mol. The van der Waals surface area contributed by atoms with Gasteiger partial charge in [-0.05, 0) is 32.0 Å². The van der Waals surface area contributed by atoms with Crippen LogP contribution in [0.2, 0.25) is 0 Å². The molecule has 0 aliphatic heterocycles. The van der Waals surface area contributed by atoms with Crippen molar-refractivity contribution in [1.29, 1.82) is 0 Å². The Labute approximate surface area is 116 Å². The molecule has 0 bridgehead atoms. The van der Waals surface area contributed by atoms with Gasteiger partial charge in [-0.2, -0.15) is 5.10 Å². The van der Waals surface area contributed by atoms with Gasteiger partial charge in [0, 0.05) is 11.6 Å². The van der Waals surface area contributed by atoms with Gasteiger partial charge in [-0.15, -0.1) is 0 Å². The number of Topliss-reactive ketones (excluding diaryl/α,β-unsaturated/α-hetero) is 1. The molecule has 0 unspecified atom stereocenters. The first-order chi connectivity index (χ1) is 9.52. The van der Waals surface area contributed by atoms with Crippen LogP contribution in [0.25, 0.3) is 0 Å². The number of aromatic nitrogens is 3. The Morgan fingerprint density at radius 3 is 2.80 bits per heavy atom. The zero-order valence-corrected chi connectivity index (χ0v) is 11.6. The first-order valence-electron chi connectivity index (χ1n) is 6.28. The molecule has 0 aliphatic rings. The summed E-state index contributed by atoms with van der Waals surface area (Å²) in [6, 6.07) is 4.28. The summed E-state index contributed by atoms with van der Waals surface area (Å²) in [7, 11) is 1.38. The van der Waals surface area contributed by atoms with E-state index in [1.165, 1.54) is 25.6 Å². The van der Waals surface area contributed by atoms with Gasteiger partial charge in [0.2, 0.25) is 0 Å². The molecule has 2 rings (SSSR count). The van der Waals surface area contributed by atoms with Crippen LogP contribution in [0.1, 0.15) is 36.1 Å². The molecule has 1 heterocycles. The molecule has 0 aliphatic carbocycles. The number of carbonyl (C=O) groups is 1. The van der Waals surface area contributed by atoms with Crippen molar-refractivity contribution in [2.75, 3.05) is 7.11 Å². The fraction of sp³-hybridized carbons (Fsp3) is 0.357. The molecule has 0 spiro atoms. The minimum Gasteiger partial charge on any atom is -0.494 e. The molecule has 1 aromatic heterocycles. The highest BCUT2D eigenvalue weighted by atomic mass is 19.1. The van der Waals surface area contributed by atoms with Crippen LogP contribution in [0.3, 0.4) is 0 Å². The van der Waals surface area contributed by atoms with Gasteiger partial charge < -0.3 is 4.74 Å². The summed E-state index contributed by atoms with van der Waals surface area (Å²) in [6.45, 7) is 3.91. The largest absolute Gasteiger partial charge is 0.494 e. The van der Waals surface area contributed by atoms with E-state index in [1.807, 2.05) is 13.8 Å². The topological polar surface area (TPSA) is 57.0 Å². The van der Waals surface area contributed by atoms with E-state index in [-0.39, 0.29) is 24.0 Å². The molecule has 6 heteroatoms. The lowest BCUT2D eigenvalue weighted by Crippen LogP contribution is -2.13. The van der Waals surface area contributed by atoms with Gasteiger partial charge in [0.15, 0.2) is 17.3 Å². The van der Waals surface area contributed by atoms with Gasteiger partial charge in [-0.3, -0.25) is 4.79 Å². The molecular formula is C14H16FN3O2. The Morgan fingerprint density at radius 2 is 2.20 bits per heavy atom. The van der Waals surface area contributed by atoms with Gasteiger partial charge >= 0.3 is 0 Å². The molecule has 0 saturated heterocycles. The Balaban J connectivity index is 2.20. The minimum absolute atomic E-state index is 0.0873. The smallest absolute Gasteiger partial charge is 0.170 e. The Kier molecular flexibility index (Phi) is 4.12. The summed E-state index contributed by atoms with van der Waals surface area (Å²) in [5.41, 5.74) is 0.293. The number of carbonyl (C=O) groups excluding carboxylic acids is 1. The van der Waals surface area contributed by atoms with Crippen molar-refractivity contribution in [1.82, 2.24) is 14.8 Å². The second kappa shape index (κ2) is 5.81. The average Bonchev–Trinajstić information content (AvgIpc) is 2.86. The molecule has 0 radical (unpaired) electrons. The molecule has 1 aromatic carbocycles. The van der Waals surface area contributed by atoms with Gasteiger partial charge in [0.05, 0.1) is 13.5 Å². The van der Waals surface area contributed by atoms with E-state index >= 15 is 0 Å². The minimum atomic E-state index is -0.552. The van der Waals surface area contributed by atoms with E-state index in [9.17, 15) is 9.18 Å². The van der Waals surface area contributed by atoms with Crippen LogP contribution >= 0.6 is 0 Å². The predicted octanol–water partition coefficient (Wildman–Crippen LogP) is 2.43. The molecule has 0 atom stereocenters. The number of nitrogens with zero attached hydrogens (tertiary/aromatic N) is 3. The van der Waals surface area contributed by atoms with Crippen LogP contribution in [0.15, 0.2) is 24.5 Å². The molecule has 20 heavy (non-hydrogen) atoms. The van der Waals surface area contributed by atoms with Crippen LogP contribution < -0.4 is 4.74 Å². The van der Waals surface area contributed by atoms with Crippen LogP contribution in [-0.2, 0) is 6.42 Å². The highest BCUT2D eigenvalue weighted by molar-refractivity contribution is 5.97. The maximum Gasteiger partial charge on any atom is 0.170 e. The third-order valence-electron chi connectivity index (χ3n) is 2.93. The Morgan fingerprint density at radius 1 is 1.45 bits per heavy atom. The van der Waals surface area contributed by atoms with Crippen molar-refractivity contribution in [3.8, 4) is 5.75 Å². The molecule has 0 amide bonds. The van der Waals surface area contributed by atoms with Crippen LogP contribution in [0.4, 0.5) is 4.39 Å². The summed E-state index contributed by atoms with van der Waals surface area (Å²) >= 11 is 0. The van der Waals surface area contributed by atoms with Gasteiger partial charge in [0.1, 0.15) is 12.2 Å². The number of halogens is 1. The number of benzene rings is 1. The molecule has 5 nitrogen and oxygen atoms in total. The zero-order chi connectivity index (χ0) is 14.7. The number of methoxy groups -OCH3 is 1. The normalized spacial score (nSPS) is 10.8. The first kappa shape index (κ1) is 14.2. The number of hydrogen-bond donors (Lipinski definition) is 0. The molecule has 106 valence electrons. The van der Waals surface area contributed by atoms with Gasteiger partial charge in [-0.1, -0.05) is 0 Å². The summed E-state index contributed by atoms with van der Waals surface area (Å²) in [6.07, 6.45) is 1.50. The second-order valence-electron chi connectivity index (χ2n) is 4.66. The molecule has 2 aromatic rings. The summed E-state index contributed by atoms with van der Waals surface area (Å²) in [5, 5.41) is 4.07. The van der Waals surface area contributed by atoms with E-state index in [4.69, 9.17) is 4.74 Å². The summed E-state index contributed by atoms with van der Waals surface area (Å²) in [4.78, 5) is 16.2. The lowest BCUT2D eigenvalue weighted by atomic mass is 10.1. The zero-order valence-electron chi connectivity index (χ0n) is 11.6. The van der Waals surface area contributed by atoms with Crippen LogP contribution in [0, 0.1) is 5.82 Å². The number of hydrogen-bond acceptors (Lipinski definition) is 4. The van der Waals surface area contributed by atoms with E-state index < -0.39 is 5.82 Å². The second-order valence-corrected chi connectivity index (χ2v) is 4.66. The third-order valence-corrected chi connectivity index (χ3v) is 2.93. The Bertz CT molecular complexity index is 623. The van der Waals surface area contributed by atoms with Crippen LogP contribution in [-0.4, -0.2) is 27.7 Å². The fourth-order valence-corrected chi connectivity index (χ4v) is 1.92. The van der Waals surface area contributed by atoms with Gasteiger partial charge in [0.25, 0.3) is 0 Å². The molecule has 0 N–H and O–H groups in total. The van der Waals surface area contributed by atoms with Crippen molar-refractivity contribution in [3.63, 3.8) is 0 Å². The van der Waals surface area contributed by atoms with Crippen molar-refractivity contribution in [2.45, 2.75) is 26.3 Å². The van der Waals surface area contributed by atoms with E-state index in [0.29, 0.717) is 11.4 Å². The Hall–Kier alpha value is -2.24. The van der Waals surface area contributed by atoms with Crippen molar-refractivity contribution >= 4 is 5.78 Å². The maximum atomic E-state index is 13.6. The molecule has 0 fully saturated rings. The monoisotopic (exact) mass is 277 g/mol. The number of rotatable bonds is 5. The first-order valence-corrected chi connectivity index (χ1v) is 6.28. The molecule has 0 saturated carbocycles. The summed E-state index contributed by atoms with van der Waals surface area (Å²) < 4.78 is 20.1. The molecular weight excluding hydrogens is 261 g/mol. The summed E-state index contributed by atoms with van der Waals surface area (Å²) in [5.74, 6) is -0.0711. The standard InChI is InChI=1S/C14H16FN3O2/c1-9(2)18-14(16-8-17-18)7-12(19)10-4-5-13(20-3)11(15)6-10/h4-6,8-9H,7H2,1-3H3. The quantitative estimate of drug-likeness (QED) is 0.788. The third kappa shape index (κ3) is 2.84. The SMILES string of the molecule is COc1ccc(C(=O)Cc2ncnn2C(C)C)cc1F. The van der Waals surface area contributed by atoms with Crippen LogP contribution in [0.5, 0.6) is 5.75 Å². The lowest BCUT2D eigenvalue weighted by Gasteiger charge is -2.09. The predicted molar refractivity (Wildman–Crippen MR) is 71.4 cm³/mol. The number of ketones is 1. The van der Waals surface area contributed by atoms with E-state index in [1.54, 1.807) is 10.7 Å². The maximum absolute atomic E-state index is 13.6.